The zero-order valence-electron chi connectivity index (χ0n) is 8.45. The lowest BCUT2D eigenvalue weighted by Crippen LogP contribution is -2.06. The molecule has 0 aliphatic carbocycles. The zero-order valence-corrected chi connectivity index (χ0v) is 10.0. The summed E-state index contributed by atoms with van der Waals surface area (Å²) in [4.78, 5) is 15.9. The molecular formula is C11H10BrNO2. The van der Waals surface area contributed by atoms with Gasteiger partial charge in [-0.2, -0.15) is 0 Å². The van der Waals surface area contributed by atoms with E-state index in [0.29, 0.717) is 16.8 Å². The van der Waals surface area contributed by atoms with Crippen LogP contribution in [0.3, 0.4) is 0 Å². The fraction of sp³-hybridized carbons (Fsp3) is 0.273. The largest absolute Gasteiger partial charge is 0.408 e. The second-order valence-corrected chi connectivity index (χ2v) is 4.57. The third-order valence-electron chi connectivity index (χ3n) is 2.10. The van der Waals surface area contributed by atoms with Crippen molar-refractivity contribution in [3.63, 3.8) is 0 Å². The maximum absolute atomic E-state index is 11.6. The second kappa shape index (κ2) is 3.77. The van der Waals surface area contributed by atoms with Crippen LogP contribution in [0.1, 0.15) is 25.7 Å². The lowest BCUT2D eigenvalue weighted by atomic mass is 10.2. The topological polar surface area (TPSA) is 43.1 Å². The molecule has 0 amide bonds. The van der Waals surface area contributed by atoms with Crippen molar-refractivity contribution >= 4 is 26.8 Å². The molecule has 1 heterocycles. The third kappa shape index (κ3) is 1.95. The molecule has 0 saturated carbocycles. The molecule has 2 rings (SSSR count). The van der Waals surface area contributed by atoms with Crippen LogP contribution < -0.4 is 5.63 Å². The van der Waals surface area contributed by atoms with Gasteiger partial charge < -0.3 is 4.42 Å². The van der Waals surface area contributed by atoms with Crippen molar-refractivity contribution in [3.8, 4) is 0 Å². The maximum atomic E-state index is 11.6. The first-order valence-corrected chi connectivity index (χ1v) is 5.47. The van der Waals surface area contributed by atoms with E-state index < -0.39 is 0 Å². The number of halogens is 1. The van der Waals surface area contributed by atoms with Crippen LogP contribution in [0.4, 0.5) is 0 Å². The number of hydrogen-bond donors (Lipinski definition) is 0. The molecule has 15 heavy (non-hydrogen) atoms. The fourth-order valence-corrected chi connectivity index (χ4v) is 1.66. The molecule has 3 nitrogen and oxygen atoms in total. The predicted octanol–water partition coefficient (Wildman–Crippen LogP) is 3.07. The zero-order chi connectivity index (χ0) is 11.0. The van der Waals surface area contributed by atoms with Gasteiger partial charge in [0.05, 0.1) is 10.9 Å². The summed E-state index contributed by atoms with van der Waals surface area (Å²) >= 11 is 3.35. The lowest BCUT2D eigenvalue weighted by Gasteiger charge is -2.03. The Morgan fingerprint density at radius 2 is 2.13 bits per heavy atom. The van der Waals surface area contributed by atoms with Gasteiger partial charge in [0.2, 0.25) is 5.89 Å². The van der Waals surface area contributed by atoms with Crippen LogP contribution in [0.2, 0.25) is 0 Å². The van der Waals surface area contributed by atoms with Gasteiger partial charge in [0.25, 0.3) is 0 Å². The second-order valence-electron chi connectivity index (χ2n) is 3.66. The summed E-state index contributed by atoms with van der Waals surface area (Å²) in [5.74, 6) is 0.590. The smallest absolute Gasteiger partial charge is 0.346 e. The number of nitrogens with zero attached hydrogens (tertiary/aromatic N) is 1. The van der Waals surface area contributed by atoms with Crippen LogP contribution in [0, 0.1) is 0 Å². The van der Waals surface area contributed by atoms with Crippen LogP contribution >= 0.6 is 15.9 Å². The molecule has 0 unspecified atom stereocenters. The molecule has 78 valence electrons. The molecule has 1 aromatic heterocycles. The predicted molar refractivity (Wildman–Crippen MR) is 62.1 cm³/mol. The van der Waals surface area contributed by atoms with E-state index in [1.54, 1.807) is 12.1 Å². The summed E-state index contributed by atoms with van der Waals surface area (Å²) in [7, 11) is 0. The van der Waals surface area contributed by atoms with Crippen molar-refractivity contribution in [3.05, 3.63) is 39.0 Å². The van der Waals surface area contributed by atoms with Crippen molar-refractivity contribution in [2.75, 3.05) is 0 Å². The van der Waals surface area contributed by atoms with Gasteiger partial charge in [-0.25, -0.2) is 9.78 Å². The van der Waals surface area contributed by atoms with Crippen molar-refractivity contribution in [1.29, 1.82) is 0 Å². The van der Waals surface area contributed by atoms with Gasteiger partial charge in [0.15, 0.2) is 0 Å². The summed E-state index contributed by atoms with van der Waals surface area (Å²) in [5, 5.41) is 0.516. The highest BCUT2D eigenvalue weighted by molar-refractivity contribution is 9.10. The van der Waals surface area contributed by atoms with E-state index >= 15 is 0 Å². The Kier molecular flexibility index (Phi) is 2.61. The van der Waals surface area contributed by atoms with E-state index in [1.807, 2.05) is 19.9 Å². The Balaban J connectivity index is 2.80. The minimum atomic E-state index is -0.323. The molecule has 2 aromatic rings. The van der Waals surface area contributed by atoms with Crippen molar-refractivity contribution in [1.82, 2.24) is 4.98 Å². The Morgan fingerprint density at radius 1 is 1.40 bits per heavy atom. The molecule has 0 fully saturated rings. The molecule has 4 heteroatoms. The first-order valence-electron chi connectivity index (χ1n) is 4.68. The number of rotatable bonds is 1. The first kappa shape index (κ1) is 10.4. The number of benzene rings is 1. The van der Waals surface area contributed by atoms with Gasteiger partial charge >= 0.3 is 5.63 Å². The number of aromatic nitrogens is 1. The molecule has 0 bridgehead atoms. The third-order valence-corrected chi connectivity index (χ3v) is 2.59. The van der Waals surface area contributed by atoms with Crippen LogP contribution in [0.15, 0.2) is 31.9 Å². The highest BCUT2D eigenvalue weighted by Crippen LogP contribution is 2.18. The summed E-state index contributed by atoms with van der Waals surface area (Å²) in [5.41, 5.74) is 0.348. The van der Waals surface area contributed by atoms with Gasteiger partial charge in [-0.1, -0.05) is 29.8 Å². The van der Waals surface area contributed by atoms with E-state index in [2.05, 4.69) is 20.9 Å². The van der Waals surface area contributed by atoms with Crippen LogP contribution in [0.25, 0.3) is 10.9 Å². The SMILES string of the molecule is CC(C)c1nc2cc(Br)ccc2c(=O)o1. The first-order chi connectivity index (χ1) is 7.08. The van der Waals surface area contributed by atoms with E-state index in [0.717, 1.165) is 4.47 Å². The van der Waals surface area contributed by atoms with Gasteiger partial charge in [-0.3, -0.25) is 0 Å². The molecule has 0 atom stereocenters. The van der Waals surface area contributed by atoms with Crippen molar-refractivity contribution < 1.29 is 4.42 Å². The molecule has 0 aliphatic rings. The highest BCUT2D eigenvalue weighted by atomic mass is 79.9. The van der Waals surface area contributed by atoms with Crippen LogP contribution in [0.5, 0.6) is 0 Å². The standard InChI is InChI=1S/C11H10BrNO2/c1-6(2)10-13-9-5-7(12)3-4-8(9)11(14)15-10/h3-6H,1-2H3. The Morgan fingerprint density at radius 3 is 2.80 bits per heavy atom. The van der Waals surface area contributed by atoms with Crippen LogP contribution in [-0.4, -0.2) is 4.98 Å². The minimum absolute atomic E-state index is 0.112. The molecule has 0 N–H and O–H groups in total. The van der Waals surface area contributed by atoms with Gasteiger partial charge in [0, 0.05) is 10.4 Å². The monoisotopic (exact) mass is 267 g/mol. The minimum Gasteiger partial charge on any atom is -0.408 e. The van der Waals surface area contributed by atoms with E-state index in [9.17, 15) is 4.79 Å². The van der Waals surface area contributed by atoms with Crippen LogP contribution in [-0.2, 0) is 0 Å². The molecule has 0 aliphatic heterocycles. The number of fused-ring (bicyclic) bond motifs is 1. The molecule has 0 saturated heterocycles. The van der Waals surface area contributed by atoms with Gasteiger partial charge in [-0.05, 0) is 18.2 Å². The van der Waals surface area contributed by atoms with Crippen molar-refractivity contribution in [2.24, 2.45) is 0 Å². The summed E-state index contributed by atoms with van der Waals surface area (Å²) < 4.78 is 6.02. The fourth-order valence-electron chi connectivity index (χ4n) is 1.31. The Hall–Kier alpha value is -1.16. The Labute approximate surface area is 95.3 Å². The summed E-state index contributed by atoms with van der Waals surface area (Å²) in [6.07, 6.45) is 0. The molecule has 1 aromatic carbocycles. The quantitative estimate of drug-likeness (QED) is 0.798. The van der Waals surface area contributed by atoms with Gasteiger partial charge in [0.1, 0.15) is 0 Å². The maximum Gasteiger partial charge on any atom is 0.346 e. The lowest BCUT2D eigenvalue weighted by molar-refractivity contribution is 0.424. The molecular weight excluding hydrogens is 258 g/mol. The summed E-state index contributed by atoms with van der Waals surface area (Å²) in [6, 6.07) is 5.33. The average Bonchev–Trinajstić information content (AvgIpc) is 2.16. The Bertz CT molecular complexity index is 560. The normalized spacial score (nSPS) is 11.2. The van der Waals surface area contributed by atoms with Crippen molar-refractivity contribution in [2.45, 2.75) is 19.8 Å². The van der Waals surface area contributed by atoms with E-state index in [4.69, 9.17) is 4.42 Å². The number of hydrogen-bond acceptors (Lipinski definition) is 3. The average molecular weight is 268 g/mol. The van der Waals surface area contributed by atoms with E-state index in [-0.39, 0.29) is 11.5 Å². The molecule has 0 spiro atoms. The molecule has 0 radical (unpaired) electrons. The summed E-state index contributed by atoms with van der Waals surface area (Å²) in [6.45, 7) is 3.88. The van der Waals surface area contributed by atoms with Gasteiger partial charge in [-0.15, -0.1) is 0 Å². The van der Waals surface area contributed by atoms with E-state index in [1.165, 1.54) is 0 Å². The highest BCUT2D eigenvalue weighted by Gasteiger charge is 2.09.